The van der Waals surface area contributed by atoms with Crippen LogP contribution in [0.4, 0.5) is 0 Å². The van der Waals surface area contributed by atoms with Gasteiger partial charge in [0.15, 0.2) is 0 Å². The highest BCUT2D eigenvalue weighted by atomic mass is 32.2. The van der Waals surface area contributed by atoms with Crippen LogP contribution in [-0.2, 0) is 16.6 Å². The molecule has 0 saturated carbocycles. The summed E-state index contributed by atoms with van der Waals surface area (Å²) in [6.07, 6.45) is 1.76. The van der Waals surface area contributed by atoms with Crippen LogP contribution >= 0.6 is 0 Å². The molecule has 1 atom stereocenters. The van der Waals surface area contributed by atoms with Crippen LogP contribution < -0.4 is 10.0 Å². The molecule has 0 aliphatic carbocycles. The number of hydrogen-bond acceptors (Lipinski definition) is 4. The van der Waals surface area contributed by atoms with Crippen LogP contribution in [0.1, 0.15) is 50.7 Å². The summed E-state index contributed by atoms with van der Waals surface area (Å²) in [5, 5.41) is 3.16. The van der Waals surface area contributed by atoms with Crippen molar-refractivity contribution in [2.45, 2.75) is 64.9 Å². The first-order valence-corrected chi connectivity index (χ1v) is 8.63. The number of hydrogen-bond donors (Lipinski definition) is 2. The lowest BCUT2D eigenvalue weighted by atomic mass is 10.2. The Kier molecular flexibility index (Phi) is 6.23. The predicted molar refractivity (Wildman–Crippen MR) is 80.3 cm³/mol. The van der Waals surface area contributed by atoms with E-state index in [1.54, 1.807) is 13.8 Å². The number of aryl methyl sites for hydroxylation is 2. The first-order valence-electron chi connectivity index (χ1n) is 7.15. The average Bonchev–Trinajstić information content (AvgIpc) is 2.61. The summed E-state index contributed by atoms with van der Waals surface area (Å²) in [6, 6.07) is -0.0772. The summed E-state index contributed by atoms with van der Waals surface area (Å²) in [5.74, 6) is 1.11. The second-order valence-corrected chi connectivity index (χ2v) is 6.76. The summed E-state index contributed by atoms with van der Waals surface area (Å²) >= 11 is 0. The highest BCUT2D eigenvalue weighted by Crippen LogP contribution is 2.26. The van der Waals surface area contributed by atoms with Crippen molar-refractivity contribution in [3.8, 4) is 0 Å². The zero-order valence-electron chi connectivity index (χ0n) is 13.0. The molecular formula is C14H26N2O3S. The smallest absolute Gasteiger partial charge is 0.244 e. The van der Waals surface area contributed by atoms with E-state index < -0.39 is 10.0 Å². The minimum absolute atomic E-state index is 0.0772. The minimum Gasteiger partial charge on any atom is -0.465 e. The number of rotatable bonds is 8. The average molecular weight is 302 g/mol. The molecule has 0 radical (unpaired) electrons. The molecule has 20 heavy (non-hydrogen) atoms. The van der Waals surface area contributed by atoms with Gasteiger partial charge in [0.1, 0.15) is 16.4 Å². The summed E-state index contributed by atoms with van der Waals surface area (Å²) < 4.78 is 33.3. The highest BCUT2D eigenvalue weighted by Gasteiger charge is 2.27. The fraction of sp³-hybridized carbons (Fsp3) is 0.714. The van der Waals surface area contributed by atoms with E-state index in [9.17, 15) is 8.42 Å². The van der Waals surface area contributed by atoms with E-state index in [0.717, 1.165) is 24.9 Å². The molecule has 0 bridgehead atoms. The number of sulfonamides is 1. The molecule has 1 aromatic heterocycles. The van der Waals surface area contributed by atoms with Crippen molar-refractivity contribution in [3.05, 3.63) is 17.1 Å². The highest BCUT2D eigenvalue weighted by molar-refractivity contribution is 7.89. The first kappa shape index (κ1) is 17.2. The Hall–Kier alpha value is -0.850. The molecule has 2 N–H and O–H groups in total. The van der Waals surface area contributed by atoms with Crippen molar-refractivity contribution in [3.63, 3.8) is 0 Å². The first-order chi connectivity index (χ1) is 9.33. The molecule has 116 valence electrons. The normalized spacial score (nSPS) is 13.7. The molecule has 0 aliphatic heterocycles. The molecule has 0 amide bonds. The van der Waals surface area contributed by atoms with Crippen molar-refractivity contribution in [2.75, 3.05) is 6.54 Å². The van der Waals surface area contributed by atoms with E-state index in [-0.39, 0.29) is 6.04 Å². The molecule has 0 aromatic carbocycles. The van der Waals surface area contributed by atoms with Crippen molar-refractivity contribution in [1.29, 1.82) is 0 Å². The van der Waals surface area contributed by atoms with E-state index in [4.69, 9.17) is 4.42 Å². The van der Waals surface area contributed by atoms with E-state index in [1.807, 2.05) is 20.8 Å². The summed E-state index contributed by atoms with van der Waals surface area (Å²) in [6.45, 7) is 10.7. The van der Waals surface area contributed by atoms with Crippen LogP contribution in [0.3, 0.4) is 0 Å². The van der Waals surface area contributed by atoms with Crippen LogP contribution in [-0.4, -0.2) is 21.0 Å². The molecule has 1 heterocycles. The fourth-order valence-corrected chi connectivity index (χ4v) is 4.06. The van der Waals surface area contributed by atoms with Gasteiger partial charge in [-0.15, -0.1) is 0 Å². The third-order valence-corrected chi connectivity index (χ3v) is 5.01. The molecule has 0 spiro atoms. The van der Waals surface area contributed by atoms with Gasteiger partial charge in [0.25, 0.3) is 0 Å². The van der Waals surface area contributed by atoms with Crippen LogP contribution in [0.15, 0.2) is 9.31 Å². The maximum absolute atomic E-state index is 12.5. The lowest BCUT2D eigenvalue weighted by Crippen LogP contribution is -2.33. The summed E-state index contributed by atoms with van der Waals surface area (Å²) in [7, 11) is -3.54. The van der Waals surface area contributed by atoms with E-state index in [1.165, 1.54) is 0 Å². The molecule has 0 fully saturated rings. The monoisotopic (exact) mass is 302 g/mol. The maximum atomic E-state index is 12.5. The lowest BCUT2D eigenvalue weighted by Gasteiger charge is -2.14. The molecule has 1 rings (SSSR count). The quantitative estimate of drug-likeness (QED) is 0.774. The van der Waals surface area contributed by atoms with E-state index >= 15 is 0 Å². The predicted octanol–water partition coefficient (Wildman–Crippen LogP) is 2.47. The minimum atomic E-state index is -3.54. The second-order valence-electron chi connectivity index (χ2n) is 5.11. The van der Waals surface area contributed by atoms with Crippen LogP contribution in [0.2, 0.25) is 0 Å². The van der Waals surface area contributed by atoms with Gasteiger partial charge in [-0.2, -0.15) is 0 Å². The summed E-state index contributed by atoms with van der Waals surface area (Å²) in [5.41, 5.74) is 0.723. The molecular weight excluding hydrogens is 276 g/mol. The molecule has 0 aliphatic rings. The number of furan rings is 1. The SMILES string of the molecule is CCCC(C)NS(=O)(=O)c1c(C)oc(C)c1CNCC. The van der Waals surface area contributed by atoms with Gasteiger partial charge in [0.2, 0.25) is 10.0 Å². The zero-order chi connectivity index (χ0) is 15.3. The Morgan fingerprint density at radius 2 is 1.85 bits per heavy atom. The van der Waals surface area contributed by atoms with Gasteiger partial charge in [-0.05, 0) is 33.7 Å². The second kappa shape index (κ2) is 7.24. The van der Waals surface area contributed by atoms with Crippen molar-refractivity contribution in [1.82, 2.24) is 10.0 Å². The number of nitrogens with one attached hydrogen (secondary N) is 2. The van der Waals surface area contributed by atoms with Gasteiger partial charge in [-0.1, -0.05) is 20.3 Å². The van der Waals surface area contributed by atoms with Crippen LogP contribution in [0.5, 0.6) is 0 Å². The molecule has 0 saturated heterocycles. The van der Waals surface area contributed by atoms with Gasteiger partial charge >= 0.3 is 0 Å². The molecule has 5 nitrogen and oxygen atoms in total. The van der Waals surface area contributed by atoms with Crippen LogP contribution in [0, 0.1) is 13.8 Å². The van der Waals surface area contributed by atoms with Gasteiger partial charge < -0.3 is 9.73 Å². The Morgan fingerprint density at radius 1 is 1.20 bits per heavy atom. The molecule has 1 aromatic rings. The van der Waals surface area contributed by atoms with Crippen LogP contribution in [0.25, 0.3) is 0 Å². The fourth-order valence-electron chi connectivity index (χ4n) is 2.33. The maximum Gasteiger partial charge on any atom is 0.244 e. The molecule has 6 heteroatoms. The lowest BCUT2D eigenvalue weighted by molar-refractivity contribution is 0.491. The Balaban J connectivity index is 3.10. The largest absolute Gasteiger partial charge is 0.465 e. The Labute approximate surface area is 122 Å². The Morgan fingerprint density at radius 3 is 2.40 bits per heavy atom. The van der Waals surface area contributed by atoms with Crippen molar-refractivity contribution in [2.24, 2.45) is 0 Å². The van der Waals surface area contributed by atoms with Crippen molar-refractivity contribution < 1.29 is 12.8 Å². The third-order valence-electron chi connectivity index (χ3n) is 3.22. The van der Waals surface area contributed by atoms with E-state index in [2.05, 4.69) is 10.0 Å². The third kappa shape index (κ3) is 4.07. The molecule has 1 unspecified atom stereocenters. The van der Waals surface area contributed by atoms with Gasteiger partial charge in [-0.3, -0.25) is 0 Å². The van der Waals surface area contributed by atoms with Gasteiger partial charge in [-0.25, -0.2) is 13.1 Å². The zero-order valence-corrected chi connectivity index (χ0v) is 13.9. The standard InChI is InChI=1S/C14H26N2O3S/c1-6-8-10(3)16-20(17,18)14-12(5)19-11(4)13(14)9-15-7-2/h10,15-16H,6-9H2,1-5H3. The summed E-state index contributed by atoms with van der Waals surface area (Å²) in [4.78, 5) is 0.291. The Bertz CT molecular complexity index is 535. The van der Waals surface area contributed by atoms with Gasteiger partial charge in [0, 0.05) is 18.2 Å². The van der Waals surface area contributed by atoms with E-state index in [0.29, 0.717) is 23.0 Å². The van der Waals surface area contributed by atoms with Gasteiger partial charge in [0.05, 0.1) is 0 Å². The van der Waals surface area contributed by atoms with Crippen molar-refractivity contribution >= 4 is 10.0 Å². The topological polar surface area (TPSA) is 71.3 Å².